The number of anilines is 3. The number of pyridine rings is 1. The predicted molar refractivity (Wildman–Crippen MR) is 164 cm³/mol. The molecule has 0 amide bonds. The third kappa shape index (κ3) is 5.35. The molecule has 0 radical (unpaired) electrons. The molecule has 2 aliphatic rings. The summed E-state index contributed by atoms with van der Waals surface area (Å²) >= 11 is 0. The summed E-state index contributed by atoms with van der Waals surface area (Å²) in [7, 11) is 4.04. The van der Waals surface area contributed by atoms with Crippen LogP contribution in [0.2, 0.25) is 0 Å². The Labute approximate surface area is 236 Å². The summed E-state index contributed by atoms with van der Waals surface area (Å²) in [5.74, 6) is 2.21. The van der Waals surface area contributed by atoms with Crippen molar-refractivity contribution in [1.29, 1.82) is 0 Å². The molecule has 4 heterocycles. The van der Waals surface area contributed by atoms with Crippen LogP contribution in [0.15, 0.2) is 73.4 Å². The van der Waals surface area contributed by atoms with Crippen molar-refractivity contribution >= 4 is 23.3 Å². The summed E-state index contributed by atoms with van der Waals surface area (Å²) in [4.78, 5) is 20.9. The number of nitrogens with one attached hydrogen (secondary N) is 1. The molecule has 8 heteroatoms. The molecular formula is C32H36N8. The lowest BCUT2D eigenvalue weighted by atomic mass is 9.96. The van der Waals surface area contributed by atoms with E-state index >= 15 is 0 Å². The zero-order chi connectivity index (χ0) is 27.6. The fraction of sp³-hybridized carbons (Fsp3) is 0.281. The van der Waals surface area contributed by atoms with Gasteiger partial charge in [0.05, 0.1) is 5.69 Å². The van der Waals surface area contributed by atoms with Crippen LogP contribution in [-0.2, 0) is 13.0 Å². The van der Waals surface area contributed by atoms with Crippen LogP contribution in [0.3, 0.4) is 0 Å². The van der Waals surface area contributed by atoms with Gasteiger partial charge in [0.1, 0.15) is 11.6 Å². The molecule has 2 aliphatic heterocycles. The monoisotopic (exact) mass is 532 g/mol. The molecule has 0 aliphatic carbocycles. The van der Waals surface area contributed by atoms with Gasteiger partial charge >= 0.3 is 0 Å². The molecule has 0 unspecified atom stereocenters. The van der Waals surface area contributed by atoms with Crippen LogP contribution in [0, 0.1) is 0 Å². The smallest absolute Gasteiger partial charge is 0.222 e. The molecule has 8 nitrogen and oxygen atoms in total. The standard InChI is InChI=1S/C32H36N8/c1-22(34-2)23-4-6-24(7-5-23)27-10-11-30(35-20-27)40-13-12-25-8-9-26(18-28(25)21-40)29-19-31(37-32(33)36-29)39-16-14-38(3)15-17-39/h4-11,18-20,34H,1,12-17,21H2,2-3H3,(H2,33,36,37). The number of likely N-dealkylation sites (N-methyl/N-ethyl adjacent to an activating group) is 1. The Morgan fingerprint density at radius 2 is 1.55 bits per heavy atom. The topological polar surface area (TPSA) is 86.4 Å². The number of nitrogen functional groups attached to an aromatic ring is 1. The van der Waals surface area contributed by atoms with Crippen molar-refractivity contribution in [1.82, 2.24) is 25.2 Å². The van der Waals surface area contributed by atoms with Crippen LogP contribution < -0.4 is 20.9 Å². The summed E-state index contributed by atoms with van der Waals surface area (Å²) in [6.45, 7) is 9.69. The van der Waals surface area contributed by atoms with Crippen molar-refractivity contribution in [3.05, 3.63) is 90.1 Å². The van der Waals surface area contributed by atoms with Crippen molar-refractivity contribution in [3.63, 3.8) is 0 Å². The number of benzene rings is 2. The minimum absolute atomic E-state index is 0.316. The van der Waals surface area contributed by atoms with Gasteiger partial charge in [-0.3, -0.25) is 0 Å². The molecule has 1 fully saturated rings. The quantitative estimate of drug-likeness (QED) is 0.380. The minimum atomic E-state index is 0.316. The number of nitrogens with zero attached hydrogens (tertiary/aromatic N) is 6. The molecular weight excluding hydrogens is 496 g/mol. The first kappa shape index (κ1) is 25.8. The summed E-state index contributed by atoms with van der Waals surface area (Å²) in [6.07, 6.45) is 2.95. The predicted octanol–water partition coefficient (Wildman–Crippen LogP) is 4.29. The SMILES string of the molecule is C=C(NC)c1ccc(-c2ccc(N3CCc4ccc(-c5cc(N6CCN(C)CC6)nc(N)n5)cc4C3)nc2)cc1. The first-order valence-electron chi connectivity index (χ1n) is 13.9. The number of aromatic nitrogens is 3. The second-order valence-electron chi connectivity index (χ2n) is 10.6. The van der Waals surface area contributed by atoms with Crippen molar-refractivity contribution in [2.24, 2.45) is 0 Å². The average molecular weight is 533 g/mol. The fourth-order valence-electron chi connectivity index (χ4n) is 5.46. The Morgan fingerprint density at radius 3 is 2.27 bits per heavy atom. The van der Waals surface area contributed by atoms with Gasteiger partial charge in [0, 0.05) is 75.4 Å². The molecule has 0 spiro atoms. The second kappa shape index (κ2) is 11.0. The Bertz CT molecular complexity index is 1510. The Kier molecular flexibility index (Phi) is 7.09. The van der Waals surface area contributed by atoms with E-state index in [1.165, 1.54) is 11.1 Å². The average Bonchev–Trinajstić information content (AvgIpc) is 3.00. The van der Waals surface area contributed by atoms with Gasteiger partial charge in [-0.1, -0.05) is 43.0 Å². The van der Waals surface area contributed by atoms with E-state index in [-0.39, 0.29) is 0 Å². The molecule has 6 rings (SSSR count). The maximum atomic E-state index is 6.17. The molecule has 1 saturated heterocycles. The third-order valence-corrected chi connectivity index (χ3v) is 8.01. The third-order valence-electron chi connectivity index (χ3n) is 8.01. The van der Waals surface area contributed by atoms with Crippen molar-refractivity contribution in [3.8, 4) is 22.4 Å². The Morgan fingerprint density at radius 1 is 0.800 bits per heavy atom. The van der Waals surface area contributed by atoms with Gasteiger partial charge in [0.15, 0.2) is 0 Å². The van der Waals surface area contributed by atoms with Crippen LogP contribution in [0.1, 0.15) is 16.7 Å². The normalized spacial score (nSPS) is 15.6. The number of hydrogen-bond donors (Lipinski definition) is 2. The lowest BCUT2D eigenvalue weighted by Crippen LogP contribution is -2.44. The van der Waals surface area contributed by atoms with E-state index < -0.39 is 0 Å². The van der Waals surface area contributed by atoms with E-state index in [4.69, 9.17) is 10.7 Å². The molecule has 0 atom stereocenters. The lowest BCUT2D eigenvalue weighted by Gasteiger charge is -2.33. The highest BCUT2D eigenvalue weighted by Gasteiger charge is 2.20. The van der Waals surface area contributed by atoms with E-state index in [0.717, 1.165) is 91.0 Å². The number of fused-ring (bicyclic) bond motifs is 1. The molecule has 4 aromatic rings. The van der Waals surface area contributed by atoms with Crippen LogP contribution >= 0.6 is 0 Å². The largest absolute Gasteiger partial charge is 0.388 e. The lowest BCUT2D eigenvalue weighted by molar-refractivity contribution is 0.312. The molecule has 2 aromatic heterocycles. The first-order chi connectivity index (χ1) is 19.5. The minimum Gasteiger partial charge on any atom is -0.388 e. The zero-order valence-electron chi connectivity index (χ0n) is 23.3. The van der Waals surface area contributed by atoms with E-state index in [1.807, 2.05) is 13.2 Å². The van der Waals surface area contributed by atoms with Gasteiger partial charge in [-0.25, -0.2) is 9.97 Å². The molecule has 2 aromatic carbocycles. The van der Waals surface area contributed by atoms with E-state index in [0.29, 0.717) is 5.95 Å². The van der Waals surface area contributed by atoms with Crippen LogP contribution in [0.25, 0.3) is 28.1 Å². The van der Waals surface area contributed by atoms with Crippen LogP contribution in [0.4, 0.5) is 17.6 Å². The highest BCUT2D eigenvalue weighted by molar-refractivity contribution is 5.69. The molecule has 3 N–H and O–H groups in total. The maximum absolute atomic E-state index is 6.17. The first-order valence-corrected chi connectivity index (χ1v) is 13.9. The van der Waals surface area contributed by atoms with Crippen LogP contribution in [-0.4, -0.2) is 66.7 Å². The highest BCUT2D eigenvalue weighted by atomic mass is 15.3. The highest BCUT2D eigenvalue weighted by Crippen LogP contribution is 2.30. The zero-order valence-corrected chi connectivity index (χ0v) is 23.3. The van der Waals surface area contributed by atoms with Crippen molar-refractivity contribution < 1.29 is 0 Å². The van der Waals surface area contributed by atoms with Gasteiger partial charge in [-0.05, 0) is 53.9 Å². The van der Waals surface area contributed by atoms with Crippen LogP contribution in [0.5, 0.6) is 0 Å². The number of rotatable bonds is 6. The molecule has 40 heavy (non-hydrogen) atoms. The summed E-state index contributed by atoms with van der Waals surface area (Å²) in [5, 5.41) is 3.10. The second-order valence-corrected chi connectivity index (χ2v) is 10.6. The van der Waals surface area contributed by atoms with Gasteiger partial charge in [0.2, 0.25) is 5.95 Å². The van der Waals surface area contributed by atoms with Gasteiger partial charge in [-0.15, -0.1) is 0 Å². The maximum Gasteiger partial charge on any atom is 0.222 e. The molecule has 0 bridgehead atoms. The van der Waals surface area contributed by atoms with Gasteiger partial charge in [0.25, 0.3) is 0 Å². The van der Waals surface area contributed by atoms with Crippen molar-refractivity contribution in [2.75, 3.05) is 62.4 Å². The van der Waals surface area contributed by atoms with Gasteiger partial charge < -0.3 is 25.8 Å². The Hall–Kier alpha value is -4.43. The van der Waals surface area contributed by atoms with Crippen molar-refractivity contribution in [2.45, 2.75) is 13.0 Å². The number of piperazine rings is 1. The summed E-state index contributed by atoms with van der Waals surface area (Å²) in [6, 6.07) is 21.4. The van der Waals surface area contributed by atoms with Gasteiger partial charge in [-0.2, -0.15) is 4.98 Å². The van der Waals surface area contributed by atoms with E-state index in [9.17, 15) is 0 Å². The summed E-state index contributed by atoms with van der Waals surface area (Å²) in [5.41, 5.74) is 15.0. The Balaban J connectivity index is 1.19. The molecule has 204 valence electrons. The summed E-state index contributed by atoms with van der Waals surface area (Å²) < 4.78 is 0. The van der Waals surface area contributed by atoms with E-state index in [2.05, 4.69) is 104 Å². The fourth-order valence-corrected chi connectivity index (χ4v) is 5.46. The number of nitrogens with two attached hydrogens (primary N) is 1. The van der Waals surface area contributed by atoms with E-state index in [1.54, 1.807) is 0 Å². The molecule has 0 saturated carbocycles. The number of hydrogen-bond acceptors (Lipinski definition) is 8.